The zero-order valence-corrected chi connectivity index (χ0v) is 11.6. The molecule has 102 valence electrons. The SMILES string of the molecule is CNS(=O)(=O)c1ccc(CNC(C)C2CCC2)o1. The Kier molecular flexibility index (Phi) is 4.09. The Bertz CT molecular complexity index is 491. The van der Waals surface area contributed by atoms with E-state index >= 15 is 0 Å². The van der Waals surface area contributed by atoms with Crippen LogP contribution in [0.1, 0.15) is 31.9 Å². The maximum absolute atomic E-state index is 11.5. The molecule has 5 nitrogen and oxygen atoms in total. The topological polar surface area (TPSA) is 71.3 Å². The molecule has 1 fully saturated rings. The zero-order chi connectivity index (χ0) is 13.2. The van der Waals surface area contributed by atoms with E-state index in [1.807, 2.05) is 0 Å². The minimum atomic E-state index is -3.47. The zero-order valence-electron chi connectivity index (χ0n) is 10.8. The fraction of sp³-hybridized carbons (Fsp3) is 0.667. The molecule has 1 aliphatic carbocycles. The Hall–Kier alpha value is -0.850. The Morgan fingerprint density at radius 3 is 2.72 bits per heavy atom. The number of furan rings is 1. The third kappa shape index (κ3) is 2.93. The fourth-order valence-corrected chi connectivity index (χ4v) is 2.73. The van der Waals surface area contributed by atoms with Gasteiger partial charge in [0, 0.05) is 6.04 Å². The molecule has 1 heterocycles. The Morgan fingerprint density at radius 1 is 1.44 bits per heavy atom. The van der Waals surface area contributed by atoms with Gasteiger partial charge in [0.1, 0.15) is 5.76 Å². The fourth-order valence-electron chi connectivity index (χ4n) is 2.07. The summed E-state index contributed by atoms with van der Waals surface area (Å²) in [5.41, 5.74) is 0. The normalized spacial score (nSPS) is 18.6. The molecule has 0 saturated heterocycles. The lowest BCUT2D eigenvalue weighted by molar-refractivity contribution is 0.235. The summed E-state index contributed by atoms with van der Waals surface area (Å²) < 4.78 is 30.5. The van der Waals surface area contributed by atoms with E-state index < -0.39 is 10.0 Å². The van der Waals surface area contributed by atoms with Gasteiger partial charge >= 0.3 is 0 Å². The van der Waals surface area contributed by atoms with Crippen LogP contribution in [0.15, 0.2) is 21.6 Å². The molecule has 1 saturated carbocycles. The molecule has 0 bridgehead atoms. The van der Waals surface area contributed by atoms with Gasteiger partial charge in [0.05, 0.1) is 6.54 Å². The predicted molar refractivity (Wildman–Crippen MR) is 68.6 cm³/mol. The second-order valence-corrected chi connectivity index (χ2v) is 6.61. The van der Waals surface area contributed by atoms with Crippen LogP contribution in [0, 0.1) is 5.92 Å². The maximum Gasteiger partial charge on any atom is 0.273 e. The Labute approximate surface area is 108 Å². The molecule has 1 aromatic rings. The van der Waals surface area contributed by atoms with E-state index in [0.717, 1.165) is 5.92 Å². The summed E-state index contributed by atoms with van der Waals surface area (Å²) in [6.07, 6.45) is 3.89. The van der Waals surface area contributed by atoms with Gasteiger partial charge in [-0.2, -0.15) is 0 Å². The van der Waals surface area contributed by atoms with E-state index in [1.165, 1.54) is 32.4 Å². The van der Waals surface area contributed by atoms with Crippen LogP contribution in [0.3, 0.4) is 0 Å². The van der Waals surface area contributed by atoms with Gasteiger partial charge in [-0.25, -0.2) is 13.1 Å². The van der Waals surface area contributed by atoms with Crippen LogP contribution in [0.4, 0.5) is 0 Å². The Balaban J connectivity index is 1.90. The van der Waals surface area contributed by atoms with Crippen molar-refractivity contribution in [3.8, 4) is 0 Å². The number of hydrogen-bond donors (Lipinski definition) is 2. The van der Waals surface area contributed by atoms with Gasteiger partial charge in [0.2, 0.25) is 5.09 Å². The first-order chi connectivity index (χ1) is 8.53. The summed E-state index contributed by atoms with van der Waals surface area (Å²) in [4.78, 5) is 0. The molecule has 18 heavy (non-hydrogen) atoms. The largest absolute Gasteiger partial charge is 0.447 e. The number of hydrogen-bond acceptors (Lipinski definition) is 4. The summed E-state index contributed by atoms with van der Waals surface area (Å²) in [6, 6.07) is 3.63. The highest BCUT2D eigenvalue weighted by Crippen LogP contribution is 2.29. The van der Waals surface area contributed by atoms with Gasteiger partial charge in [-0.05, 0) is 44.9 Å². The van der Waals surface area contributed by atoms with Crippen molar-refractivity contribution in [2.45, 2.75) is 43.9 Å². The second kappa shape index (κ2) is 5.42. The van der Waals surface area contributed by atoms with Crippen LogP contribution < -0.4 is 10.0 Å². The molecule has 0 aromatic carbocycles. The first-order valence-electron chi connectivity index (χ1n) is 6.28. The van der Waals surface area contributed by atoms with Crippen LogP contribution >= 0.6 is 0 Å². The molecule has 1 unspecified atom stereocenters. The first kappa shape index (κ1) is 13.6. The van der Waals surface area contributed by atoms with Crippen LogP contribution in [0.25, 0.3) is 0 Å². The van der Waals surface area contributed by atoms with Crippen molar-refractivity contribution in [1.29, 1.82) is 0 Å². The molecule has 0 amide bonds. The summed E-state index contributed by atoms with van der Waals surface area (Å²) >= 11 is 0. The molecule has 0 spiro atoms. The van der Waals surface area contributed by atoms with E-state index in [-0.39, 0.29) is 5.09 Å². The number of sulfonamides is 1. The lowest BCUT2D eigenvalue weighted by Crippen LogP contribution is -2.36. The quantitative estimate of drug-likeness (QED) is 0.822. The smallest absolute Gasteiger partial charge is 0.273 e. The van der Waals surface area contributed by atoms with Gasteiger partial charge in [0.25, 0.3) is 10.0 Å². The molecule has 1 atom stereocenters. The minimum Gasteiger partial charge on any atom is -0.447 e. The number of rotatable bonds is 6. The average molecular weight is 272 g/mol. The average Bonchev–Trinajstić information content (AvgIpc) is 2.73. The molecule has 0 radical (unpaired) electrons. The van der Waals surface area contributed by atoms with Gasteiger partial charge in [0.15, 0.2) is 0 Å². The van der Waals surface area contributed by atoms with Gasteiger partial charge in [-0.15, -0.1) is 0 Å². The van der Waals surface area contributed by atoms with Crippen LogP contribution in [-0.4, -0.2) is 21.5 Å². The molecular weight excluding hydrogens is 252 g/mol. The van der Waals surface area contributed by atoms with Crippen molar-refractivity contribution in [1.82, 2.24) is 10.0 Å². The standard InChI is InChI=1S/C12H20N2O3S/c1-9(10-4-3-5-10)14-8-11-6-7-12(17-11)18(15,16)13-2/h6-7,9-10,13-14H,3-5,8H2,1-2H3. The van der Waals surface area contributed by atoms with Gasteiger partial charge in [-0.3, -0.25) is 0 Å². The summed E-state index contributed by atoms with van der Waals surface area (Å²) in [5.74, 6) is 1.40. The van der Waals surface area contributed by atoms with Crippen LogP contribution in [0.2, 0.25) is 0 Å². The Morgan fingerprint density at radius 2 is 2.17 bits per heavy atom. The van der Waals surface area contributed by atoms with E-state index in [9.17, 15) is 8.42 Å². The molecule has 6 heteroatoms. The first-order valence-corrected chi connectivity index (χ1v) is 7.77. The maximum atomic E-state index is 11.5. The van der Waals surface area contributed by atoms with E-state index in [1.54, 1.807) is 6.07 Å². The summed E-state index contributed by atoms with van der Waals surface area (Å²) in [6.45, 7) is 2.73. The van der Waals surface area contributed by atoms with E-state index in [0.29, 0.717) is 18.3 Å². The monoisotopic (exact) mass is 272 g/mol. The molecule has 0 aliphatic heterocycles. The summed E-state index contributed by atoms with van der Waals surface area (Å²) in [5, 5.41) is 3.35. The molecular formula is C12H20N2O3S. The molecule has 1 aliphatic rings. The van der Waals surface area contributed by atoms with Crippen molar-refractivity contribution in [3.63, 3.8) is 0 Å². The molecule has 2 N–H and O–H groups in total. The van der Waals surface area contributed by atoms with Crippen LogP contribution in [0.5, 0.6) is 0 Å². The highest BCUT2D eigenvalue weighted by Gasteiger charge is 2.23. The lowest BCUT2D eigenvalue weighted by atomic mass is 9.80. The third-order valence-corrected chi connectivity index (χ3v) is 4.91. The minimum absolute atomic E-state index is 0.0295. The van der Waals surface area contributed by atoms with Crippen molar-refractivity contribution in [2.24, 2.45) is 5.92 Å². The third-order valence-electron chi connectivity index (χ3n) is 3.63. The predicted octanol–water partition coefficient (Wildman–Crippen LogP) is 1.47. The highest BCUT2D eigenvalue weighted by atomic mass is 32.2. The molecule has 2 rings (SSSR count). The highest BCUT2D eigenvalue weighted by molar-refractivity contribution is 7.89. The number of nitrogens with one attached hydrogen (secondary N) is 2. The van der Waals surface area contributed by atoms with E-state index in [4.69, 9.17) is 4.42 Å². The van der Waals surface area contributed by atoms with E-state index in [2.05, 4.69) is 17.0 Å². The molecule has 1 aromatic heterocycles. The second-order valence-electron chi connectivity index (χ2n) is 4.79. The van der Waals surface area contributed by atoms with Gasteiger partial charge < -0.3 is 9.73 Å². The van der Waals surface area contributed by atoms with Crippen LogP contribution in [-0.2, 0) is 16.6 Å². The lowest BCUT2D eigenvalue weighted by Gasteiger charge is -2.31. The summed E-state index contributed by atoms with van der Waals surface area (Å²) in [7, 11) is -2.10. The van der Waals surface area contributed by atoms with Crippen molar-refractivity contribution in [3.05, 3.63) is 17.9 Å². The van der Waals surface area contributed by atoms with Crippen molar-refractivity contribution >= 4 is 10.0 Å². The van der Waals surface area contributed by atoms with Crippen molar-refractivity contribution < 1.29 is 12.8 Å². The van der Waals surface area contributed by atoms with Gasteiger partial charge in [-0.1, -0.05) is 6.42 Å². The van der Waals surface area contributed by atoms with Crippen molar-refractivity contribution in [2.75, 3.05) is 7.05 Å².